The van der Waals surface area contributed by atoms with Gasteiger partial charge in [-0.2, -0.15) is 11.8 Å². The van der Waals surface area contributed by atoms with Crippen molar-refractivity contribution in [3.8, 4) is 0 Å². The average Bonchev–Trinajstić information content (AvgIpc) is 3.32. The van der Waals surface area contributed by atoms with Crippen LogP contribution in [0.5, 0.6) is 0 Å². The number of carbonyl (C=O) groups is 5. The molecule has 0 aromatic heterocycles. The number of hydrogen-bond donors (Lipinski definition) is 4. The molecule has 4 atom stereocenters. The van der Waals surface area contributed by atoms with Crippen LogP contribution in [0.1, 0.15) is 46.5 Å². The number of likely N-dealkylation sites (tertiary alicyclic amines) is 1. The quantitative estimate of drug-likeness (QED) is 0.231. The minimum Gasteiger partial charge on any atom is -0.468 e. The lowest BCUT2D eigenvalue weighted by Crippen LogP contribution is -2.56. The van der Waals surface area contributed by atoms with Crippen LogP contribution in [0.15, 0.2) is 0 Å². The summed E-state index contributed by atoms with van der Waals surface area (Å²) in [6, 6.07) is -1.66. The first kappa shape index (κ1) is 29.7. The Labute approximate surface area is 205 Å². The van der Waals surface area contributed by atoms with Crippen LogP contribution in [0.25, 0.3) is 0 Å². The largest absolute Gasteiger partial charge is 0.468 e. The highest BCUT2D eigenvalue weighted by Crippen LogP contribution is 2.22. The Kier molecular flexibility index (Phi) is 13.6. The number of carbonyl (C=O) groups excluding carboxylic acids is 5. The van der Waals surface area contributed by atoms with Crippen LogP contribution in [0.2, 0.25) is 0 Å². The minimum atomic E-state index is -0.919. The van der Waals surface area contributed by atoms with Gasteiger partial charge in [-0.05, 0) is 58.1 Å². The van der Waals surface area contributed by atoms with Gasteiger partial charge in [-0.1, -0.05) is 6.92 Å². The van der Waals surface area contributed by atoms with Gasteiger partial charge in [-0.25, -0.2) is 0 Å². The molecule has 11 nitrogen and oxygen atoms in total. The second-order valence-corrected chi connectivity index (χ2v) is 9.28. The van der Waals surface area contributed by atoms with Crippen molar-refractivity contribution >= 4 is 41.4 Å². The fourth-order valence-corrected chi connectivity index (χ4v) is 4.08. The van der Waals surface area contributed by atoms with E-state index in [0.717, 1.165) is 25.8 Å². The molecule has 34 heavy (non-hydrogen) atoms. The smallest absolute Gasteiger partial charge is 0.325 e. The third-order valence-corrected chi connectivity index (χ3v) is 6.47. The van der Waals surface area contributed by atoms with E-state index in [4.69, 9.17) is 0 Å². The van der Waals surface area contributed by atoms with Crippen molar-refractivity contribution in [2.45, 2.75) is 70.6 Å². The molecule has 0 saturated carbocycles. The highest BCUT2D eigenvalue weighted by molar-refractivity contribution is 7.98. The Morgan fingerprint density at radius 1 is 1.06 bits per heavy atom. The summed E-state index contributed by atoms with van der Waals surface area (Å²) in [5.74, 6) is -1.69. The fourth-order valence-electron chi connectivity index (χ4n) is 3.61. The molecule has 4 N–H and O–H groups in total. The summed E-state index contributed by atoms with van der Waals surface area (Å²) in [7, 11) is 1.20. The highest BCUT2D eigenvalue weighted by atomic mass is 32.2. The molecule has 4 amide bonds. The number of amides is 4. The number of hydrogen-bond acceptors (Lipinski definition) is 8. The summed E-state index contributed by atoms with van der Waals surface area (Å²) in [5, 5.41) is 10.2. The standard InChI is InChI=1S/C22H39N5O6S/c1-6-14(2)27-10-7-8-17(27)22(32)26-16(9-11-34-5)21(31)25-15(3)20(30)24-12-18(28)23-13-19(29)33-4/h14-17H,6-13H2,1-5H3,(H,23,28)(H,24,30)(H,25,31)(H,26,32)/t14?,15-,16-,17-/m0/s1. The number of ether oxygens (including phenoxy) is 1. The van der Waals surface area contributed by atoms with Crippen molar-refractivity contribution in [2.24, 2.45) is 0 Å². The molecule has 12 heteroatoms. The lowest BCUT2D eigenvalue weighted by atomic mass is 10.1. The van der Waals surface area contributed by atoms with E-state index in [2.05, 4.69) is 44.8 Å². The molecule has 0 aliphatic carbocycles. The number of esters is 1. The van der Waals surface area contributed by atoms with Crippen molar-refractivity contribution < 1.29 is 28.7 Å². The second-order valence-electron chi connectivity index (χ2n) is 8.30. The predicted octanol–water partition coefficient (Wildman–Crippen LogP) is -0.603. The molecular formula is C22H39N5O6S. The molecule has 1 fully saturated rings. The Bertz CT molecular complexity index is 722. The first-order valence-corrected chi connectivity index (χ1v) is 13.0. The molecule has 0 bridgehead atoms. The number of thioether (sulfide) groups is 1. The summed E-state index contributed by atoms with van der Waals surface area (Å²) in [4.78, 5) is 63.1. The van der Waals surface area contributed by atoms with Gasteiger partial charge >= 0.3 is 5.97 Å². The number of nitrogens with one attached hydrogen (secondary N) is 4. The molecule has 0 aromatic carbocycles. The summed E-state index contributed by atoms with van der Waals surface area (Å²) >= 11 is 1.56. The Morgan fingerprint density at radius 2 is 1.76 bits per heavy atom. The van der Waals surface area contributed by atoms with Crippen molar-refractivity contribution in [2.75, 3.05) is 38.8 Å². The van der Waals surface area contributed by atoms with E-state index in [1.54, 1.807) is 11.8 Å². The van der Waals surface area contributed by atoms with Gasteiger partial charge in [0.05, 0.1) is 19.7 Å². The van der Waals surface area contributed by atoms with Crippen molar-refractivity contribution in [3.63, 3.8) is 0 Å². The molecule has 194 valence electrons. The zero-order chi connectivity index (χ0) is 25.7. The molecule has 0 aromatic rings. The maximum Gasteiger partial charge on any atom is 0.325 e. The third-order valence-electron chi connectivity index (χ3n) is 5.83. The number of nitrogens with zero attached hydrogens (tertiary/aromatic N) is 1. The molecule has 0 radical (unpaired) electrons. The SMILES string of the molecule is CCC(C)N1CCC[C@H]1C(=O)N[C@@H](CCSC)C(=O)N[C@@H](C)C(=O)NCC(=O)NCC(=O)OC. The van der Waals surface area contributed by atoms with Crippen molar-refractivity contribution in [1.82, 2.24) is 26.2 Å². The van der Waals surface area contributed by atoms with E-state index in [9.17, 15) is 24.0 Å². The molecular weight excluding hydrogens is 462 g/mol. The van der Waals surface area contributed by atoms with Gasteiger partial charge in [0, 0.05) is 6.04 Å². The fraction of sp³-hybridized carbons (Fsp3) is 0.773. The van der Waals surface area contributed by atoms with Crippen LogP contribution in [0, 0.1) is 0 Å². The maximum atomic E-state index is 13.0. The minimum absolute atomic E-state index is 0.168. The van der Waals surface area contributed by atoms with E-state index in [1.807, 2.05) is 6.26 Å². The highest BCUT2D eigenvalue weighted by Gasteiger charge is 2.35. The van der Waals surface area contributed by atoms with E-state index in [1.165, 1.54) is 14.0 Å². The second kappa shape index (κ2) is 15.5. The Hall–Kier alpha value is -2.34. The topological polar surface area (TPSA) is 146 Å². The predicted molar refractivity (Wildman–Crippen MR) is 130 cm³/mol. The van der Waals surface area contributed by atoms with Crippen LogP contribution in [0.3, 0.4) is 0 Å². The number of rotatable bonds is 14. The van der Waals surface area contributed by atoms with E-state index < -0.39 is 35.8 Å². The van der Waals surface area contributed by atoms with Crippen LogP contribution >= 0.6 is 11.8 Å². The maximum absolute atomic E-state index is 13.0. The van der Waals surface area contributed by atoms with Gasteiger partial charge in [0.1, 0.15) is 18.6 Å². The third kappa shape index (κ3) is 9.88. The van der Waals surface area contributed by atoms with E-state index in [0.29, 0.717) is 12.2 Å². The first-order valence-electron chi connectivity index (χ1n) is 11.6. The molecule has 1 rings (SSSR count). The first-order chi connectivity index (χ1) is 16.1. The molecule has 1 saturated heterocycles. The molecule has 1 aliphatic heterocycles. The molecule has 1 aliphatic rings. The Balaban J connectivity index is 2.63. The van der Waals surface area contributed by atoms with Gasteiger partial charge in [-0.15, -0.1) is 0 Å². The van der Waals surface area contributed by atoms with E-state index >= 15 is 0 Å². The van der Waals surface area contributed by atoms with Gasteiger partial charge in [0.15, 0.2) is 0 Å². The van der Waals surface area contributed by atoms with Crippen molar-refractivity contribution in [1.29, 1.82) is 0 Å². The van der Waals surface area contributed by atoms with Crippen molar-refractivity contribution in [3.05, 3.63) is 0 Å². The van der Waals surface area contributed by atoms with Crippen LogP contribution < -0.4 is 21.3 Å². The van der Waals surface area contributed by atoms with E-state index in [-0.39, 0.29) is 31.1 Å². The number of methoxy groups -OCH3 is 1. The van der Waals surface area contributed by atoms with Crippen LogP contribution in [0.4, 0.5) is 0 Å². The van der Waals surface area contributed by atoms with Gasteiger partial charge < -0.3 is 26.0 Å². The normalized spacial score (nSPS) is 18.3. The zero-order valence-corrected chi connectivity index (χ0v) is 21.6. The summed E-state index contributed by atoms with van der Waals surface area (Å²) in [5.41, 5.74) is 0. The zero-order valence-electron chi connectivity index (χ0n) is 20.8. The van der Waals surface area contributed by atoms with Crippen LogP contribution in [-0.4, -0.2) is 97.4 Å². The van der Waals surface area contributed by atoms with Gasteiger partial charge in [-0.3, -0.25) is 28.9 Å². The average molecular weight is 502 g/mol. The molecule has 0 spiro atoms. The Morgan fingerprint density at radius 3 is 2.38 bits per heavy atom. The lowest BCUT2D eigenvalue weighted by molar-refractivity contribution is -0.141. The summed E-state index contributed by atoms with van der Waals surface area (Å²) < 4.78 is 4.42. The van der Waals surface area contributed by atoms with Crippen LogP contribution in [-0.2, 0) is 28.7 Å². The van der Waals surface area contributed by atoms with Gasteiger partial charge in [0.2, 0.25) is 23.6 Å². The summed E-state index contributed by atoms with van der Waals surface area (Å²) in [6.45, 7) is 5.88. The molecule has 1 unspecified atom stereocenters. The summed E-state index contributed by atoms with van der Waals surface area (Å²) in [6.07, 6.45) is 4.98. The van der Waals surface area contributed by atoms with Gasteiger partial charge in [0.25, 0.3) is 0 Å². The monoisotopic (exact) mass is 501 g/mol. The lowest BCUT2D eigenvalue weighted by Gasteiger charge is -2.30. The molecule has 1 heterocycles.